The highest BCUT2D eigenvalue weighted by molar-refractivity contribution is 5.59. The van der Waals surface area contributed by atoms with Crippen LogP contribution in [0.1, 0.15) is 24.5 Å². The Bertz CT molecular complexity index is 521. The first-order valence-corrected chi connectivity index (χ1v) is 6.19. The maximum absolute atomic E-state index is 13.5. The highest BCUT2D eigenvalue weighted by atomic mass is 19.1. The lowest BCUT2D eigenvalue weighted by molar-refractivity contribution is 0.569. The Labute approximate surface area is 107 Å². The summed E-state index contributed by atoms with van der Waals surface area (Å²) in [4.78, 5) is 3.94. The summed E-state index contributed by atoms with van der Waals surface area (Å²) in [5.41, 5.74) is 8.72. The monoisotopic (exact) mass is 244 g/mol. The van der Waals surface area contributed by atoms with Crippen molar-refractivity contribution in [2.75, 3.05) is 0 Å². The molecule has 0 aliphatic carbocycles. The standard InChI is InChI=1S/C15H17FN2/c1-2-3-11-4-6-12(7-5-11)14-9-8-13(10-17)15(16)18-14/h4-9H,2-3,10,17H2,1H3. The molecule has 1 aromatic carbocycles. The zero-order valence-electron chi connectivity index (χ0n) is 10.5. The second-order valence-electron chi connectivity index (χ2n) is 4.30. The third-order valence-corrected chi connectivity index (χ3v) is 2.93. The number of nitrogens with two attached hydrogens (primary N) is 1. The van der Waals surface area contributed by atoms with E-state index in [1.807, 2.05) is 12.1 Å². The minimum atomic E-state index is -0.479. The van der Waals surface area contributed by atoms with Crippen LogP contribution in [0.3, 0.4) is 0 Å². The lowest BCUT2D eigenvalue weighted by Crippen LogP contribution is -2.02. The third-order valence-electron chi connectivity index (χ3n) is 2.93. The fourth-order valence-corrected chi connectivity index (χ4v) is 1.91. The van der Waals surface area contributed by atoms with Gasteiger partial charge in [-0.3, -0.25) is 0 Å². The minimum Gasteiger partial charge on any atom is -0.326 e. The molecule has 0 spiro atoms. The summed E-state index contributed by atoms with van der Waals surface area (Å²) in [6.07, 6.45) is 2.19. The van der Waals surface area contributed by atoms with Gasteiger partial charge in [-0.15, -0.1) is 0 Å². The van der Waals surface area contributed by atoms with Crippen LogP contribution in [-0.4, -0.2) is 4.98 Å². The number of halogens is 1. The topological polar surface area (TPSA) is 38.9 Å². The molecule has 0 aliphatic heterocycles. The number of hydrogen-bond donors (Lipinski definition) is 1. The molecule has 0 bridgehead atoms. The van der Waals surface area contributed by atoms with E-state index in [-0.39, 0.29) is 6.54 Å². The Hall–Kier alpha value is -1.74. The molecule has 1 aromatic heterocycles. The van der Waals surface area contributed by atoms with Gasteiger partial charge in [0.15, 0.2) is 0 Å². The van der Waals surface area contributed by atoms with Crippen LogP contribution < -0.4 is 5.73 Å². The number of aryl methyl sites for hydroxylation is 1. The molecule has 0 amide bonds. The van der Waals surface area contributed by atoms with Crippen molar-refractivity contribution in [3.63, 3.8) is 0 Å². The van der Waals surface area contributed by atoms with Crippen LogP contribution in [0.25, 0.3) is 11.3 Å². The van der Waals surface area contributed by atoms with Crippen LogP contribution in [0.5, 0.6) is 0 Å². The minimum absolute atomic E-state index is 0.175. The molecule has 0 aliphatic rings. The molecular formula is C15H17FN2. The van der Waals surface area contributed by atoms with E-state index in [4.69, 9.17) is 5.73 Å². The number of aromatic nitrogens is 1. The van der Waals surface area contributed by atoms with E-state index in [2.05, 4.69) is 24.0 Å². The molecule has 2 N–H and O–H groups in total. The van der Waals surface area contributed by atoms with Gasteiger partial charge in [0.1, 0.15) is 0 Å². The van der Waals surface area contributed by atoms with Crippen LogP contribution in [0.4, 0.5) is 4.39 Å². The number of nitrogens with zero attached hydrogens (tertiary/aromatic N) is 1. The summed E-state index contributed by atoms with van der Waals surface area (Å²) in [6.45, 7) is 2.32. The van der Waals surface area contributed by atoms with Gasteiger partial charge < -0.3 is 5.73 Å². The average molecular weight is 244 g/mol. The van der Waals surface area contributed by atoms with Crippen LogP contribution in [0.2, 0.25) is 0 Å². The molecule has 18 heavy (non-hydrogen) atoms. The van der Waals surface area contributed by atoms with Crippen molar-refractivity contribution >= 4 is 0 Å². The van der Waals surface area contributed by atoms with Crippen LogP contribution in [-0.2, 0) is 13.0 Å². The zero-order valence-corrected chi connectivity index (χ0v) is 10.5. The molecular weight excluding hydrogens is 227 g/mol. The van der Waals surface area contributed by atoms with E-state index in [1.165, 1.54) is 5.56 Å². The average Bonchev–Trinajstić information content (AvgIpc) is 2.40. The Balaban J connectivity index is 2.28. The van der Waals surface area contributed by atoms with Gasteiger partial charge in [-0.1, -0.05) is 43.7 Å². The molecule has 0 saturated carbocycles. The molecule has 1 heterocycles. The molecule has 0 saturated heterocycles. The molecule has 2 rings (SSSR count). The first-order chi connectivity index (χ1) is 8.74. The summed E-state index contributed by atoms with van der Waals surface area (Å²) in [7, 11) is 0. The van der Waals surface area contributed by atoms with Crippen molar-refractivity contribution in [1.82, 2.24) is 4.98 Å². The van der Waals surface area contributed by atoms with Crippen molar-refractivity contribution in [3.8, 4) is 11.3 Å². The molecule has 0 radical (unpaired) electrons. The van der Waals surface area contributed by atoms with E-state index >= 15 is 0 Å². The Morgan fingerprint density at radius 1 is 1.11 bits per heavy atom. The van der Waals surface area contributed by atoms with Gasteiger partial charge in [-0.05, 0) is 18.1 Å². The van der Waals surface area contributed by atoms with Crippen molar-refractivity contribution in [1.29, 1.82) is 0 Å². The van der Waals surface area contributed by atoms with Crippen LogP contribution in [0.15, 0.2) is 36.4 Å². The highest BCUT2D eigenvalue weighted by Gasteiger charge is 2.05. The zero-order chi connectivity index (χ0) is 13.0. The molecule has 94 valence electrons. The van der Waals surface area contributed by atoms with E-state index in [0.29, 0.717) is 11.3 Å². The lowest BCUT2D eigenvalue weighted by Gasteiger charge is -2.05. The maximum Gasteiger partial charge on any atom is 0.217 e. The number of benzene rings is 1. The number of pyridine rings is 1. The second-order valence-corrected chi connectivity index (χ2v) is 4.30. The predicted octanol–water partition coefficient (Wildman–Crippen LogP) is 3.30. The summed E-state index contributed by atoms with van der Waals surface area (Å²) < 4.78 is 13.5. The lowest BCUT2D eigenvalue weighted by atomic mass is 10.1. The largest absolute Gasteiger partial charge is 0.326 e. The molecule has 2 nitrogen and oxygen atoms in total. The van der Waals surface area contributed by atoms with Gasteiger partial charge in [-0.25, -0.2) is 4.98 Å². The molecule has 2 aromatic rings. The predicted molar refractivity (Wildman–Crippen MR) is 71.5 cm³/mol. The normalized spacial score (nSPS) is 10.6. The first-order valence-electron chi connectivity index (χ1n) is 6.19. The van der Waals surface area contributed by atoms with Gasteiger partial charge in [0, 0.05) is 17.7 Å². The van der Waals surface area contributed by atoms with Crippen LogP contribution >= 0.6 is 0 Å². The Morgan fingerprint density at radius 2 is 1.83 bits per heavy atom. The van der Waals surface area contributed by atoms with E-state index in [0.717, 1.165) is 18.4 Å². The molecule has 0 atom stereocenters. The number of rotatable bonds is 4. The summed E-state index contributed by atoms with van der Waals surface area (Å²) >= 11 is 0. The van der Waals surface area contributed by atoms with Crippen molar-refractivity contribution in [2.45, 2.75) is 26.3 Å². The number of hydrogen-bond acceptors (Lipinski definition) is 2. The quantitative estimate of drug-likeness (QED) is 0.838. The fraction of sp³-hybridized carbons (Fsp3) is 0.267. The SMILES string of the molecule is CCCc1ccc(-c2ccc(CN)c(F)n2)cc1. The van der Waals surface area contributed by atoms with Crippen LogP contribution in [0, 0.1) is 5.95 Å². The van der Waals surface area contributed by atoms with Crippen molar-refractivity contribution in [2.24, 2.45) is 5.73 Å². The van der Waals surface area contributed by atoms with E-state index in [9.17, 15) is 4.39 Å². The second kappa shape index (κ2) is 5.74. The smallest absolute Gasteiger partial charge is 0.217 e. The van der Waals surface area contributed by atoms with Crippen molar-refractivity contribution in [3.05, 3.63) is 53.5 Å². The van der Waals surface area contributed by atoms with Crippen molar-refractivity contribution < 1.29 is 4.39 Å². The molecule has 0 fully saturated rings. The summed E-state index contributed by atoms with van der Waals surface area (Å²) in [6, 6.07) is 11.6. The fourth-order valence-electron chi connectivity index (χ4n) is 1.91. The van der Waals surface area contributed by atoms with Gasteiger partial charge in [0.05, 0.1) is 5.69 Å². The van der Waals surface area contributed by atoms with Gasteiger partial charge in [0.2, 0.25) is 5.95 Å². The summed E-state index contributed by atoms with van der Waals surface area (Å²) in [5, 5.41) is 0. The van der Waals surface area contributed by atoms with E-state index in [1.54, 1.807) is 12.1 Å². The molecule has 3 heteroatoms. The Morgan fingerprint density at radius 3 is 2.39 bits per heavy atom. The first kappa shape index (κ1) is 12.7. The third kappa shape index (κ3) is 2.74. The van der Waals surface area contributed by atoms with Gasteiger partial charge in [-0.2, -0.15) is 4.39 Å². The van der Waals surface area contributed by atoms with Gasteiger partial charge in [0.25, 0.3) is 0 Å². The highest BCUT2D eigenvalue weighted by Crippen LogP contribution is 2.19. The van der Waals surface area contributed by atoms with Gasteiger partial charge >= 0.3 is 0 Å². The summed E-state index contributed by atoms with van der Waals surface area (Å²) in [5.74, 6) is -0.479. The van der Waals surface area contributed by atoms with E-state index < -0.39 is 5.95 Å². The maximum atomic E-state index is 13.5. The molecule has 0 unspecified atom stereocenters. The Kier molecular flexibility index (Phi) is 4.05.